The van der Waals surface area contributed by atoms with E-state index in [-0.39, 0.29) is 12.2 Å². The number of alkyl halides is 3. The van der Waals surface area contributed by atoms with E-state index in [0.29, 0.717) is 49.2 Å². The maximum Gasteiger partial charge on any atom is 0.419 e. The summed E-state index contributed by atoms with van der Waals surface area (Å²) in [7, 11) is 3.90. The molecule has 0 spiro atoms. The number of anilines is 1. The number of hydrogen-bond donors (Lipinski definition) is 1. The zero-order valence-corrected chi connectivity index (χ0v) is 17.2. The maximum atomic E-state index is 13.5. The monoisotopic (exact) mass is 441 g/mol. The number of nitrogens with zero attached hydrogens (tertiary/aromatic N) is 4. The fraction of sp³-hybridized carbons (Fsp3) is 0.450. The predicted molar refractivity (Wildman–Crippen MR) is 105 cm³/mol. The maximum absolute atomic E-state index is 13.5. The van der Waals surface area contributed by atoms with Gasteiger partial charge < -0.3 is 15.1 Å². The van der Waals surface area contributed by atoms with Gasteiger partial charge in [0, 0.05) is 30.8 Å². The number of aromatic nitrogens is 2. The van der Waals surface area contributed by atoms with Gasteiger partial charge in [-0.05, 0) is 45.3 Å². The van der Waals surface area contributed by atoms with E-state index in [2.05, 4.69) is 10.4 Å². The third-order valence-electron chi connectivity index (χ3n) is 5.04. The van der Waals surface area contributed by atoms with Gasteiger partial charge in [0.25, 0.3) is 0 Å². The van der Waals surface area contributed by atoms with E-state index in [1.54, 1.807) is 4.68 Å². The Bertz CT molecular complexity index is 971. The number of hydrogen-bond acceptors (Lipinski definition) is 4. The van der Waals surface area contributed by atoms with Gasteiger partial charge in [0.1, 0.15) is 11.5 Å². The number of benzene rings is 1. The molecule has 0 unspecified atom stereocenters. The number of aldehydes is 1. The molecule has 1 aromatic heterocycles. The number of amides is 2. The van der Waals surface area contributed by atoms with Gasteiger partial charge in [0.15, 0.2) is 6.29 Å². The van der Waals surface area contributed by atoms with Crippen molar-refractivity contribution in [2.75, 3.05) is 32.5 Å². The highest BCUT2D eigenvalue weighted by Crippen LogP contribution is 2.33. The molecular formula is C20H23F4N5O2. The van der Waals surface area contributed by atoms with Crippen molar-refractivity contribution in [2.45, 2.75) is 32.1 Å². The first-order valence-electron chi connectivity index (χ1n) is 9.71. The molecule has 0 saturated carbocycles. The van der Waals surface area contributed by atoms with Gasteiger partial charge in [-0.15, -0.1) is 0 Å². The Kier molecular flexibility index (Phi) is 6.63. The average Bonchev–Trinajstić information content (AvgIpc) is 3.04. The normalized spacial score (nSPS) is 14.0. The van der Waals surface area contributed by atoms with Crippen molar-refractivity contribution in [3.63, 3.8) is 0 Å². The van der Waals surface area contributed by atoms with Crippen molar-refractivity contribution < 1.29 is 27.2 Å². The summed E-state index contributed by atoms with van der Waals surface area (Å²) in [5.41, 5.74) is 0.147. The Morgan fingerprint density at radius 3 is 2.71 bits per heavy atom. The van der Waals surface area contributed by atoms with Crippen LogP contribution in [0.4, 0.5) is 28.0 Å². The van der Waals surface area contributed by atoms with Crippen LogP contribution in [0.1, 0.15) is 33.7 Å². The average molecular weight is 441 g/mol. The zero-order chi connectivity index (χ0) is 22.8. The summed E-state index contributed by atoms with van der Waals surface area (Å²) in [5.74, 6) is -1.41. The Morgan fingerprint density at radius 2 is 2.06 bits per heavy atom. The summed E-state index contributed by atoms with van der Waals surface area (Å²) in [4.78, 5) is 27.7. The smallest absolute Gasteiger partial charge is 0.320 e. The molecule has 0 saturated heterocycles. The van der Waals surface area contributed by atoms with Gasteiger partial charge in [-0.1, -0.05) is 0 Å². The molecule has 3 rings (SSSR count). The molecule has 0 bridgehead atoms. The number of aryl methyl sites for hydroxylation is 1. The fourth-order valence-electron chi connectivity index (χ4n) is 3.48. The van der Waals surface area contributed by atoms with E-state index >= 15 is 0 Å². The molecule has 31 heavy (non-hydrogen) atoms. The topological polar surface area (TPSA) is 70.5 Å². The molecular weight excluding hydrogens is 418 g/mol. The van der Waals surface area contributed by atoms with Gasteiger partial charge in [-0.25, -0.2) is 9.18 Å². The lowest BCUT2D eigenvalue weighted by Gasteiger charge is -2.27. The largest absolute Gasteiger partial charge is 0.419 e. The molecule has 0 fully saturated rings. The molecule has 2 amide bonds. The molecule has 1 N–H and O–H groups in total. The molecule has 0 radical (unpaired) electrons. The summed E-state index contributed by atoms with van der Waals surface area (Å²) in [5, 5.41) is 6.86. The van der Waals surface area contributed by atoms with E-state index in [1.165, 1.54) is 4.90 Å². The summed E-state index contributed by atoms with van der Waals surface area (Å²) < 4.78 is 53.8. The Labute approximate surface area is 176 Å². The van der Waals surface area contributed by atoms with Crippen molar-refractivity contribution in [3.8, 4) is 0 Å². The quantitative estimate of drug-likeness (QED) is 0.551. The van der Waals surface area contributed by atoms with Crippen LogP contribution in [-0.2, 0) is 25.7 Å². The number of nitrogens with one attached hydrogen (secondary N) is 1. The van der Waals surface area contributed by atoms with Crippen molar-refractivity contribution >= 4 is 18.0 Å². The molecule has 0 aliphatic carbocycles. The van der Waals surface area contributed by atoms with E-state index in [9.17, 15) is 27.2 Å². The van der Waals surface area contributed by atoms with Crippen LogP contribution in [0.5, 0.6) is 0 Å². The summed E-state index contributed by atoms with van der Waals surface area (Å²) in [6.07, 6.45) is -2.95. The van der Waals surface area contributed by atoms with Crippen LogP contribution in [0.2, 0.25) is 0 Å². The Balaban J connectivity index is 1.72. The summed E-state index contributed by atoms with van der Waals surface area (Å²) >= 11 is 0. The second-order valence-corrected chi connectivity index (χ2v) is 7.60. The molecule has 168 valence electrons. The lowest BCUT2D eigenvalue weighted by molar-refractivity contribution is -0.139. The highest BCUT2D eigenvalue weighted by Gasteiger charge is 2.34. The third kappa shape index (κ3) is 5.22. The zero-order valence-electron chi connectivity index (χ0n) is 17.2. The number of carbonyl (C=O) groups excluding carboxylic acids is 2. The second kappa shape index (κ2) is 9.04. The van der Waals surface area contributed by atoms with E-state index in [0.717, 1.165) is 24.7 Å². The van der Waals surface area contributed by atoms with Crippen LogP contribution in [0.15, 0.2) is 18.2 Å². The van der Waals surface area contributed by atoms with Crippen LogP contribution in [0.25, 0.3) is 0 Å². The molecule has 11 heteroatoms. The first-order chi connectivity index (χ1) is 14.6. The number of halogens is 4. The van der Waals surface area contributed by atoms with Crippen molar-refractivity contribution in [1.82, 2.24) is 19.6 Å². The van der Waals surface area contributed by atoms with Crippen LogP contribution in [0.3, 0.4) is 0 Å². The highest BCUT2D eigenvalue weighted by molar-refractivity contribution is 5.90. The van der Waals surface area contributed by atoms with E-state index in [4.69, 9.17) is 0 Å². The Hall–Kier alpha value is -2.95. The van der Waals surface area contributed by atoms with Gasteiger partial charge in [0.05, 0.1) is 17.8 Å². The van der Waals surface area contributed by atoms with Gasteiger partial charge in [-0.3, -0.25) is 9.48 Å². The molecule has 1 aliphatic heterocycles. The van der Waals surface area contributed by atoms with Gasteiger partial charge in [-0.2, -0.15) is 18.3 Å². The number of fused-ring (bicyclic) bond motifs is 1. The minimum absolute atomic E-state index is 0.107. The van der Waals surface area contributed by atoms with Crippen molar-refractivity contribution in [3.05, 3.63) is 46.5 Å². The molecule has 0 atom stereocenters. The summed E-state index contributed by atoms with van der Waals surface area (Å²) in [6, 6.07) is 1.65. The number of carbonyl (C=O) groups is 2. The molecule has 7 nitrogen and oxygen atoms in total. The van der Waals surface area contributed by atoms with Crippen LogP contribution in [-0.4, -0.2) is 59.1 Å². The van der Waals surface area contributed by atoms with Crippen LogP contribution < -0.4 is 5.32 Å². The minimum Gasteiger partial charge on any atom is -0.320 e. The van der Waals surface area contributed by atoms with Crippen molar-refractivity contribution in [1.29, 1.82) is 0 Å². The lowest BCUT2D eigenvalue weighted by atomic mass is 10.1. The summed E-state index contributed by atoms with van der Waals surface area (Å²) in [6.45, 7) is 1.78. The molecule has 1 aromatic carbocycles. The van der Waals surface area contributed by atoms with Crippen LogP contribution in [0, 0.1) is 5.82 Å². The van der Waals surface area contributed by atoms with E-state index < -0.39 is 23.6 Å². The molecule has 1 aliphatic rings. The lowest BCUT2D eigenvalue weighted by Crippen LogP contribution is -2.39. The predicted octanol–water partition coefficient (Wildman–Crippen LogP) is 3.40. The SMILES string of the molecule is CN(C)CCCn1nc2c(c1C=O)CN(C(=O)Nc1ccc(F)c(C(F)(F)F)c1)CC2. The van der Waals surface area contributed by atoms with Gasteiger partial charge >= 0.3 is 12.2 Å². The highest BCUT2D eigenvalue weighted by atomic mass is 19.4. The van der Waals surface area contributed by atoms with Crippen molar-refractivity contribution in [2.24, 2.45) is 0 Å². The second-order valence-electron chi connectivity index (χ2n) is 7.60. The molecule has 2 heterocycles. The standard InChI is InChI=1S/C20H23F4N5O2/c1-27(2)7-3-8-29-18(12-30)14-11-28(9-6-17(14)26-29)19(31)25-13-4-5-16(21)15(10-13)20(22,23)24/h4-5,10,12H,3,6-9,11H2,1-2H3,(H,25,31). The Morgan fingerprint density at radius 1 is 1.32 bits per heavy atom. The van der Waals surface area contributed by atoms with E-state index in [1.807, 2.05) is 19.0 Å². The number of urea groups is 1. The van der Waals surface area contributed by atoms with Gasteiger partial charge in [0.2, 0.25) is 0 Å². The fourth-order valence-corrected chi connectivity index (χ4v) is 3.48. The van der Waals surface area contributed by atoms with Crippen LogP contribution >= 0.6 is 0 Å². The first kappa shape index (κ1) is 22.7. The first-order valence-corrected chi connectivity index (χ1v) is 9.71. The number of rotatable bonds is 6. The third-order valence-corrected chi connectivity index (χ3v) is 5.04. The molecule has 2 aromatic rings. The minimum atomic E-state index is -4.87.